The molecule has 5 N–H and O–H groups in total. The number of carbonyl (C=O) groups is 1. The molecule has 1 atom stereocenters. The van der Waals surface area contributed by atoms with Crippen molar-refractivity contribution in [2.24, 2.45) is 5.73 Å². The number of hydrogen-bond donors (Lipinski definition) is 4. The summed E-state index contributed by atoms with van der Waals surface area (Å²) in [6.07, 6.45) is 1.38. The van der Waals surface area contributed by atoms with Gasteiger partial charge >= 0.3 is 5.97 Å². The molecule has 1 aromatic heterocycles. The van der Waals surface area contributed by atoms with Gasteiger partial charge in [-0.25, -0.2) is 0 Å². The summed E-state index contributed by atoms with van der Waals surface area (Å²) in [6.45, 7) is 0. The number of rotatable bonds is 4. The molecule has 0 saturated carbocycles. The first kappa shape index (κ1) is 12.8. The quantitative estimate of drug-likeness (QED) is 0.474. The van der Waals surface area contributed by atoms with Crippen molar-refractivity contribution in [3.63, 3.8) is 0 Å². The predicted molar refractivity (Wildman–Crippen MR) is 65.9 cm³/mol. The maximum Gasteiger partial charge on any atom is 0.320 e. The van der Waals surface area contributed by atoms with Crippen LogP contribution in [0.15, 0.2) is 18.3 Å². The number of phenols is 1. The largest absolute Gasteiger partial charge is 0.507 e. The van der Waals surface area contributed by atoms with Crippen molar-refractivity contribution in [2.45, 2.75) is 12.5 Å². The van der Waals surface area contributed by atoms with Crippen molar-refractivity contribution in [2.75, 3.05) is 0 Å². The molecule has 1 heterocycles. The van der Waals surface area contributed by atoms with Crippen LogP contribution >= 0.6 is 0 Å². The summed E-state index contributed by atoms with van der Waals surface area (Å²) in [6, 6.07) is 1.23. The summed E-state index contributed by atoms with van der Waals surface area (Å²) in [5.41, 5.74) is 5.80. The number of carboxylic acid groups (broad SMARTS) is 1. The summed E-state index contributed by atoms with van der Waals surface area (Å²) >= 11 is 0. The first-order valence-corrected chi connectivity index (χ1v) is 5.36. The van der Waals surface area contributed by atoms with E-state index in [0.29, 0.717) is 5.56 Å². The van der Waals surface area contributed by atoms with Crippen molar-refractivity contribution in [1.29, 1.82) is 0 Å². The molecule has 8 heteroatoms. The summed E-state index contributed by atoms with van der Waals surface area (Å²) in [5, 5.41) is 29.6. The Bertz CT molecular complexity index is 664. The number of benzene rings is 1. The highest BCUT2D eigenvalue weighted by Crippen LogP contribution is 2.34. The molecule has 0 aliphatic rings. The molecular weight excluding hydrogens is 254 g/mol. The number of aliphatic carboxylic acids is 1. The van der Waals surface area contributed by atoms with E-state index < -0.39 is 16.9 Å². The zero-order chi connectivity index (χ0) is 14.2. The number of nitro groups is 1. The molecule has 8 nitrogen and oxygen atoms in total. The van der Waals surface area contributed by atoms with Crippen LogP contribution in [0.2, 0.25) is 0 Å². The number of nitro benzene ring substituents is 1. The van der Waals surface area contributed by atoms with Crippen LogP contribution in [0.4, 0.5) is 5.69 Å². The first-order valence-electron chi connectivity index (χ1n) is 5.36. The predicted octanol–water partition coefficient (Wildman–Crippen LogP) is 0.736. The average Bonchev–Trinajstić information content (AvgIpc) is 2.73. The highest BCUT2D eigenvalue weighted by atomic mass is 16.6. The van der Waals surface area contributed by atoms with E-state index in [1.54, 1.807) is 0 Å². The second-order valence-corrected chi connectivity index (χ2v) is 4.07. The third kappa shape index (κ3) is 2.20. The number of nitrogens with zero attached hydrogens (tertiary/aromatic N) is 1. The third-order valence-electron chi connectivity index (χ3n) is 2.83. The van der Waals surface area contributed by atoms with Crippen LogP contribution in [-0.2, 0) is 11.2 Å². The fraction of sp³-hybridized carbons (Fsp3) is 0.182. The van der Waals surface area contributed by atoms with Gasteiger partial charge in [0, 0.05) is 18.7 Å². The molecule has 0 saturated heterocycles. The zero-order valence-corrected chi connectivity index (χ0v) is 9.66. The van der Waals surface area contributed by atoms with Crippen molar-refractivity contribution in [1.82, 2.24) is 4.98 Å². The zero-order valence-electron chi connectivity index (χ0n) is 9.66. The highest BCUT2D eigenvalue weighted by Gasteiger charge is 2.21. The van der Waals surface area contributed by atoms with Crippen molar-refractivity contribution < 1.29 is 19.9 Å². The molecule has 0 radical (unpaired) electrons. The number of aromatic amines is 1. The van der Waals surface area contributed by atoms with E-state index in [1.165, 1.54) is 18.3 Å². The summed E-state index contributed by atoms with van der Waals surface area (Å²) in [4.78, 5) is 23.7. The lowest BCUT2D eigenvalue weighted by atomic mass is 10.0. The number of phenolic OH excluding ortho intramolecular Hbond substituents is 1. The smallest absolute Gasteiger partial charge is 0.320 e. The summed E-state index contributed by atoms with van der Waals surface area (Å²) < 4.78 is 0. The Balaban J connectivity index is 2.56. The lowest BCUT2D eigenvalue weighted by Crippen LogP contribution is -2.32. The maximum atomic E-state index is 10.9. The lowest BCUT2D eigenvalue weighted by molar-refractivity contribution is -0.383. The number of hydrogen-bond acceptors (Lipinski definition) is 5. The van der Waals surface area contributed by atoms with Crippen LogP contribution in [0, 0.1) is 10.1 Å². The van der Waals surface area contributed by atoms with E-state index in [4.69, 9.17) is 10.8 Å². The lowest BCUT2D eigenvalue weighted by Gasteiger charge is -2.05. The number of carboxylic acids is 1. The van der Waals surface area contributed by atoms with Gasteiger partial charge in [0.1, 0.15) is 17.3 Å². The van der Waals surface area contributed by atoms with Gasteiger partial charge in [-0.2, -0.15) is 0 Å². The van der Waals surface area contributed by atoms with Gasteiger partial charge in [-0.05, 0) is 11.6 Å². The van der Waals surface area contributed by atoms with Gasteiger partial charge < -0.3 is 20.9 Å². The minimum atomic E-state index is -1.18. The number of H-pyrrole nitrogens is 1. The number of fused-ring (bicyclic) bond motifs is 1. The Morgan fingerprint density at radius 1 is 1.53 bits per heavy atom. The highest BCUT2D eigenvalue weighted by molar-refractivity contribution is 5.95. The van der Waals surface area contributed by atoms with Gasteiger partial charge in [-0.15, -0.1) is 0 Å². The Hall–Kier alpha value is -2.61. The molecule has 0 spiro atoms. The number of aromatic nitrogens is 1. The topological polar surface area (TPSA) is 142 Å². The second kappa shape index (κ2) is 4.58. The van der Waals surface area contributed by atoms with Crippen LogP contribution in [0.5, 0.6) is 5.75 Å². The van der Waals surface area contributed by atoms with Crippen molar-refractivity contribution in [3.8, 4) is 5.75 Å². The van der Waals surface area contributed by atoms with Crippen LogP contribution in [0.3, 0.4) is 0 Å². The Kier molecular flexibility index (Phi) is 3.09. The normalized spacial score (nSPS) is 12.5. The fourth-order valence-corrected chi connectivity index (χ4v) is 1.92. The molecule has 0 fully saturated rings. The minimum absolute atomic E-state index is 0.0376. The molecule has 2 aromatic rings. The number of non-ortho nitro benzene ring substituents is 1. The molecule has 1 aromatic carbocycles. The molecule has 2 rings (SSSR count). The molecule has 0 aliphatic carbocycles. The molecule has 100 valence electrons. The van der Waals surface area contributed by atoms with E-state index in [-0.39, 0.29) is 28.8 Å². The summed E-state index contributed by atoms with van der Waals surface area (Å²) in [7, 11) is 0. The Labute approximate surface area is 106 Å². The first-order chi connectivity index (χ1) is 8.91. The maximum absolute atomic E-state index is 10.9. The van der Waals surface area contributed by atoms with Crippen LogP contribution in [-0.4, -0.2) is 32.1 Å². The standard InChI is InChI=1S/C11H11N3O5/c12-6(11(16)17)3-5-4-13-10-7(14(18)19)1-2-8(15)9(5)10/h1-2,4,6,13,15H,3,12H2,(H,16,17)/t6-/m0/s1. The molecule has 0 bridgehead atoms. The van der Waals surface area contributed by atoms with Crippen molar-refractivity contribution in [3.05, 3.63) is 34.0 Å². The van der Waals surface area contributed by atoms with E-state index in [1.807, 2.05) is 0 Å². The van der Waals surface area contributed by atoms with Gasteiger partial charge in [0.25, 0.3) is 5.69 Å². The van der Waals surface area contributed by atoms with Gasteiger partial charge in [0.2, 0.25) is 0 Å². The monoisotopic (exact) mass is 265 g/mol. The Morgan fingerprint density at radius 2 is 2.21 bits per heavy atom. The van der Waals surface area contributed by atoms with Crippen LogP contribution in [0.1, 0.15) is 5.56 Å². The van der Waals surface area contributed by atoms with Gasteiger partial charge in [0.05, 0.1) is 10.3 Å². The van der Waals surface area contributed by atoms with Crippen molar-refractivity contribution >= 4 is 22.6 Å². The van der Waals surface area contributed by atoms with Crippen LogP contribution in [0.25, 0.3) is 10.9 Å². The molecular formula is C11H11N3O5. The van der Waals surface area contributed by atoms with Crippen LogP contribution < -0.4 is 5.73 Å². The van der Waals surface area contributed by atoms with Gasteiger partial charge in [0.15, 0.2) is 0 Å². The van der Waals surface area contributed by atoms with Gasteiger partial charge in [-0.3, -0.25) is 14.9 Å². The average molecular weight is 265 g/mol. The molecule has 0 amide bonds. The van der Waals surface area contributed by atoms with E-state index in [0.717, 1.165) is 0 Å². The van der Waals surface area contributed by atoms with E-state index >= 15 is 0 Å². The van der Waals surface area contributed by atoms with E-state index in [2.05, 4.69) is 4.98 Å². The molecule has 0 unspecified atom stereocenters. The summed E-state index contributed by atoms with van der Waals surface area (Å²) in [5.74, 6) is -1.34. The Morgan fingerprint density at radius 3 is 2.79 bits per heavy atom. The molecule has 0 aliphatic heterocycles. The SMILES string of the molecule is N[C@@H](Cc1c[nH]c2c([N+](=O)[O-])ccc(O)c12)C(=O)O. The minimum Gasteiger partial charge on any atom is -0.507 e. The number of aromatic hydroxyl groups is 1. The number of nitrogens with two attached hydrogens (primary N) is 1. The third-order valence-corrected chi connectivity index (χ3v) is 2.83. The van der Waals surface area contributed by atoms with Gasteiger partial charge in [-0.1, -0.05) is 0 Å². The molecule has 19 heavy (non-hydrogen) atoms. The van der Waals surface area contributed by atoms with E-state index in [9.17, 15) is 20.0 Å². The number of nitrogens with one attached hydrogen (secondary N) is 1. The fourth-order valence-electron chi connectivity index (χ4n) is 1.92. The second-order valence-electron chi connectivity index (χ2n) is 4.07.